The first kappa shape index (κ1) is 18.6. The molecule has 0 aliphatic carbocycles. The number of benzene rings is 1. The van der Waals surface area contributed by atoms with Crippen molar-refractivity contribution in [2.45, 2.75) is 6.92 Å². The minimum atomic E-state index is -2.96. The lowest BCUT2D eigenvalue weighted by Crippen LogP contribution is -2.49. The van der Waals surface area contributed by atoms with Crippen LogP contribution < -0.4 is 0 Å². The van der Waals surface area contributed by atoms with Crippen LogP contribution in [-0.2, 0) is 14.6 Å². The molecule has 7 heteroatoms. The molecule has 0 atom stereocenters. The highest BCUT2D eigenvalue weighted by Gasteiger charge is 2.20. The number of piperazine rings is 1. The van der Waals surface area contributed by atoms with Crippen LogP contribution in [0.4, 0.5) is 4.39 Å². The Kier molecular flexibility index (Phi) is 6.12. The quantitative estimate of drug-likeness (QED) is 0.751. The van der Waals surface area contributed by atoms with Crippen LogP contribution in [0.2, 0.25) is 0 Å². The summed E-state index contributed by atoms with van der Waals surface area (Å²) in [6, 6.07) is 6.05. The third-order valence-corrected chi connectivity index (χ3v) is 5.03. The van der Waals surface area contributed by atoms with Gasteiger partial charge in [-0.2, -0.15) is 0 Å². The molecular weight excluding hydrogens is 331 g/mol. The van der Waals surface area contributed by atoms with E-state index in [9.17, 15) is 17.6 Å². The standard InChI is InChI=1S/C17H23FN2O3S/c1-14(15-3-5-16(18)6-4-15)13-17(21)20-9-7-19(8-10-20)11-12-24(2,22)23/h3-6,13H,7-12H2,1-2H3/b14-13-. The fourth-order valence-corrected chi connectivity index (χ4v) is 3.15. The molecule has 5 nitrogen and oxygen atoms in total. The molecule has 1 aliphatic rings. The van der Waals surface area contributed by atoms with Crippen molar-refractivity contribution in [3.8, 4) is 0 Å². The van der Waals surface area contributed by atoms with Gasteiger partial charge in [-0.3, -0.25) is 9.69 Å². The van der Waals surface area contributed by atoms with Crippen LogP contribution in [0, 0.1) is 5.82 Å². The van der Waals surface area contributed by atoms with Crippen molar-refractivity contribution >= 4 is 21.3 Å². The maximum atomic E-state index is 12.9. The topological polar surface area (TPSA) is 57.7 Å². The highest BCUT2D eigenvalue weighted by molar-refractivity contribution is 7.90. The number of sulfone groups is 1. The summed E-state index contributed by atoms with van der Waals surface area (Å²) in [6.07, 6.45) is 2.80. The number of nitrogens with zero attached hydrogens (tertiary/aromatic N) is 2. The molecule has 0 aromatic heterocycles. The van der Waals surface area contributed by atoms with Gasteiger partial charge in [0.25, 0.3) is 0 Å². The first-order valence-corrected chi connectivity index (χ1v) is 9.94. The molecule has 1 fully saturated rings. The van der Waals surface area contributed by atoms with Gasteiger partial charge in [-0.25, -0.2) is 12.8 Å². The van der Waals surface area contributed by atoms with Crippen molar-refractivity contribution in [1.29, 1.82) is 0 Å². The van der Waals surface area contributed by atoms with Gasteiger partial charge in [-0.15, -0.1) is 0 Å². The Hall–Kier alpha value is -1.73. The van der Waals surface area contributed by atoms with Crippen LogP contribution in [0.25, 0.3) is 5.57 Å². The van der Waals surface area contributed by atoms with Crippen LogP contribution in [-0.4, -0.2) is 68.9 Å². The monoisotopic (exact) mass is 354 g/mol. The number of carbonyl (C=O) groups is 1. The zero-order chi connectivity index (χ0) is 17.7. The van der Waals surface area contributed by atoms with E-state index >= 15 is 0 Å². The maximum Gasteiger partial charge on any atom is 0.246 e. The molecule has 0 radical (unpaired) electrons. The van der Waals surface area contributed by atoms with Crippen molar-refractivity contribution in [3.05, 3.63) is 41.7 Å². The molecule has 1 heterocycles. The largest absolute Gasteiger partial charge is 0.337 e. The first-order valence-electron chi connectivity index (χ1n) is 7.88. The Morgan fingerprint density at radius 1 is 1.17 bits per heavy atom. The summed E-state index contributed by atoms with van der Waals surface area (Å²) in [6.45, 7) is 4.83. The molecular formula is C17H23FN2O3S. The van der Waals surface area contributed by atoms with Crippen LogP contribution in [0.3, 0.4) is 0 Å². The van der Waals surface area contributed by atoms with Crippen molar-refractivity contribution < 1.29 is 17.6 Å². The summed E-state index contributed by atoms with van der Waals surface area (Å²) in [5.74, 6) is -0.229. The molecule has 1 saturated heterocycles. The third-order valence-electron chi connectivity index (χ3n) is 4.10. The Balaban J connectivity index is 1.88. The summed E-state index contributed by atoms with van der Waals surface area (Å²) in [5, 5.41) is 0. The summed E-state index contributed by atoms with van der Waals surface area (Å²) in [7, 11) is -2.96. The Morgan fingerprint density at radius 2 is 1.75 bits per heavy atom. The number of carbonyl (C=O) groups excluding carboxylic acids is 1. The molecule has 1 aromatic carbocycles. The van der Waals surface area contributed by atoms with Gasteiger partial charge in [0.1, 0.15) is 15.7 Å². The van der Waals surface area contributed by atoms with Crippen molar-refractivity contribution in [1.82, 2.24) is 9.80 Å². The van der Waals surface area contributed by atoms with E-state index in [1.807, 2.05) is 6.92 Å². The normalized spacial score (nSPS) is 17.1. The third kappa shape index (κ3) is 5.72. The zero-order valence-corrected chi connectivity index (χ0v) is 14.9. The van der Waals surface area contributed by atoms with E-state index in [4.69, 9.17) is 0 Å². The number of halogens is 1. The summed E-state index contributed by atoms with van der Waals surface area (Å²) < 4.78 is 35.3. The molecule has 0 unspecified atom stereocenters. The average molecular weight is 354 g/mol. The molecule has 0 saturated carbocycles. The van der Waals surface area contributed by atoms with Crippen LogP contribution >= 0.6 is 0 Å². The minimum absolute atomic E-state index is 0.0698. The lowest BCUT2D eigenvalue weighted by Gasteiger charge is -2.34. The van der Waals surface area contributed by atoms with E-state index in [1.54, 1.807) is 23.1 Å². The zero-order valence-electron chi connectivity index (χ0n) is 14.0. The van der Waals surface area contributed by atoms with Crippen LogP contribution in [0.5, 0.6) is 0 Å². The van der Waals surface area contributed by atoms with E-state index in [1.165, 1.54) is 18.4 Å². The van der Waals surface area contributed by atoms with Gasteiger partial charge >= 0.3 is 0 Å². The van der Waals surface area contributed by atoms with Crippen molar-refractivity contribution in [2.24, 2.45) is 0 Å². The number of hydrogen-bond acceptors (Lipinski definition) is 4. The molecule has 0 bridgehead atoms. The van der Waals surface area contributed by atoms with Gasteiger partial charge in [0.2, 0.25) is 5.91 Å². The van der Waals surface area contributed by atoms with Crippen LogP contribution in [0.15, 0.2) is 30.3 Å². The van der Waals surface area contributed by atoms with Gasteiger partial charge in [-0.05, 0) is 30.2 Å². The number of hydrogen-bond donors (Lipinski definition) is 0. The molecule has 0 spiro atoms. The average Bonchev–Trinajstić information content (AvgIpc) is 2.53. The Morgan fingerprint density at radius 3 is 2.29 bits per heavy atom. The van der Waals surface area contributed by atoms with E-state index < -0.39 is 9.84 Å². The van der Waals surface area contributed by atoms with Gasteiger partial charge in [0, 0.05) is 45.1 Å². The van der Waals surface area contributed by atoms with Crippen molar-refractivity contribution in [3.63, 3.8) is 0 Å². The summed E-state index contributed by atoms with van der Waals surface area (Å²) >= 11 is 0. The molecule has 24 heavy (non-hydrogen) atoms. The van der Waals surface area contributed by atoms with E-state index in [0.717, 1.165) is 11.1 Å². The number of amides is 1. The van der Waals surface area contributed by atoms with Crippen molar-refractivity contribution in [2.75, 3.05) is 44.7 Å². The molecule has 132 valence electrons. The molecule has 2 rings (SSSR count). The van der Waals surface area contributed by atoms with Gasteiger partial charge in [0.05, 0.1) is 5.75 Å². The van der Waals surface area contributed by atoms with Gasteiger partial charge in [0.15, 0.2) is 0 Å². The molecule has 1 aromatic rings. The second-order valence-corrected chi connectivity index (χ2v) is 8.39. The van der Waals surface area contributed by atoms with Crippen LogP contribution in [0.1, 0.15) is 12.5 Å². The SMILES string of the molecule is C/C(=C/C(=O)N1CCN(CCS(C)(=O)=O)CC1)c1ccc(F)cc1. The van der Waals surface area contributed by atoms with E-state index in [-0.39, 0.29) is 17.5 Å². The Bertz CT molecular complexity index is 706. The molecule has 1 amide bonds. The highest BCUT2D eigenvalue weighted by Crippen LogP contribution is 2.15. The number of allylic oxidation sites excluding steroid dienone is 1. The predicted molar refractivity (Wildman–Crippen MR) is 92.8 cm³/mol. The summed E-state index contributed by atoms with van der Waals surface area (Å²) in [4.78, 5) is 16.1. The Labute approximate surface area is 142 Å². The number of rotatable bonds is 5. The lowest BCUT2D eigenvalue weighted by molar-refractivity contribution is -0.127. The highest BCUT2D eigenvalue weighted by atomic mass is 32.2. The second-order valence-electron chi connectivity index (χ2n) is 6.13. The van der Waals surface area contributed by atoms with E-state index in [0.29, 0.717) is 32.7 Å². The van der Waals surface area contributed by atoms with Gasteiger partial charge < -0.3 is 4.90 Å². The molecule has 1 aliphatic heterocycles. The maximum absolute atomic E-state index is 12.9. The predicted octanol–water partition coefficient (Wildman–Crippen LogP) is 1.42. The fourth-order valence-electron chi connectivity index (χ4n) is 2.56. The second kappa shape index (κ2) is 7.90. The smallest absolute Gasteiger partial charge is 0.246 e. The molecule has 0 N–H and O–H groups in total. The fraction of sp³-hybridized carbons (Fsp3) is 0.471. The summed E-state index contributed by atoms with van der Waals surface area (Å²) in [5.41, 5.74) is 1.61. The van der Waals surface area contributed by atoms with Gasteiger partial charge in [-0.1, -0.05) is 12.1 Å². The lowest BCUT2D eigenvalue weighted by atomic mass is 10.1. The van der Waals surface area contributed by atoms with E-state index in [2.05, 4.69) is 4.90 Å². The first-order chi connectivity index (χ1) is 11.2. The minimum Gasteiger partial charge on any atom is -0.337 e.